The first-order valence-corrected chi connectivity index (χ1v) is 9.43. The number of hydrazone groups is 1. The molecule has 0 aliphatic carbocycles. The predicted octanol–water partition coefficient (Wildman–Crippen LogP) is 4.84. The predicted molar refractivity (Wildman–Crippen MR) is 112 cm³/mol. The first-order chi connectivity index (χ1) is 12.7. The van der Waals surface area contributed by atoms with Crippen LogP contribution >= 0.6 is 12.2 Å². The van der Waals surface area contributed by atoms with Crippen molar-refractivity contribution >= 4 is 28.7 Å². The lowest BCUT2D eigenvalue weighted by Crippen LogP contribution is -2.25. The molecule has 0 aliphatic heterocycles. The molecule has 5 nitrogen and oxygen atoms in total. The van der Waals surface area contributed by atoms with E-state index >= 15 is 0 Å². The number of aromatic nitrogens is 1. The number of pyridine rings is 1. The number of phenols is 1. The second-order valence-electron chi connectivity index (χ2n) is 6.08. The third-order valence-corrected chi connectivity index (χ3v) is 4.12. The van der Waals surface area contributed by atoms with E-state index in [-0.39, 0.29) is 5.75 Å². The van der Waals surface area contributed by atoms with Crippen molar-refractivity contribution in [2.75, 3.05) is 5.32 Å². The van der Waals surface area contributed by atoms with Crippen molar-refractivity contribution in [2.45, 2.75) is 45.4 Å². The molecular weight excluding hydrogens is 344 g/mol. The van der Waals surface area contributed by atoms with Gasteiger partial charge >= 0.3 is 0 Å². The first kappa shape index (κ1) is 19.8. The van der Waals surface area contributed by atoms with Crippen molar-refractivity contribution in [1.82, 2.24) is 10.4 Å². The Morgan fingerprint density at radius 3 is 2.58 bits per heavy atom. The van der Waals surface area contributed by atoms with Crippen LogP contribution in [0.1, 0.15) is 51.0 Å². The van der Waals surface area contributed by atoms with Gasteiger partial charge in [-0.15, -0.1) is 0 Å². The number of benzene rings is 1. The van der Waals surface area contributed by atoms with Gasteiger partial charge in [0.15, 0.2) is 5.11 Å². The number of phenolic OH excluding ortho intramolecular Hbond substituents is 1. The standard InChI is InChI=1S/C20H26N4OS/c1-2-3-4-5-6-9-19(16-10-12-18(25)13-11-16)23-24-20(26)22-17-8-7-14-21-15-17/h7-8,10-15,25H,2-6,9H2,1H3,(H2,22,24,26). The van der Waals surface area contributed by atoms with Crippen molar-refractivity contribution in [2.24, 2.45) is 5.10 Å². The Morgan fingerprint density at radius 2 is 1.88 bits per heavy atom. The van der Waals surface area contributed by atoms with E-state index in [1.54, 1.807) is 24.5 Å². The molecular formula is C20H26N4OS. The molecule has 0 bridgehead atoms. The zero-order valence-electron chi connectivity index (χ0n) is 15.1. The molecule has 2 rings (SSSR count). The highest BCUT2D eigenvalue weighted by molar-refractivity contribution is 7.80. The molecule has 0 atom stereocenters. The summed E-state index contributed by atoms with van der Waals surface area (Å²) >= 11 is 5.30. The van der Waals surface area contributed by atoms with E-state index in [0.29, 0.717) is 5.11 Å². The maximum atomic E-state index is 9.50. The fraction of sp³-hybridized carbons (Fsp3) is 0.350. The highest BCUT2D eigenvalue weighted by Crippen LogP contribution is 2.14. The summed E-state index contributed by atoms with van der Waals surface area (Å²) < 4.78 is 0. The van der Waals surface area contributed by atoms with Gasteiger partial charge in [0.2, 0.25) is 0 Å². The lowest BCUT2D eigenvalue weighted by molar-refractivity contribution is 0.475. The molecule has 0 fully saturated rings. The molecule has 0 spiro atoms. The summed E-state index contributed by atoms with van der Waals surface area (Å²) in [6.07, 6.45) is 10.3. The molecule has 0 radical (unpaired) electrons. The largest absolute Gasteiger partial charge is 0.508 e. The molecule has 0 saturated heterocycles. The molecule has 0 amide bonds. The Kier molecular flexibility index (Phi) is 8.55. The Bertz CT molecular complexity index is 702. The van der Waals surface area contributed by atoms with Crippen molar-refractivity contribution in [1.29, 1.82) is 0 Å². The molecule has 0 unspecified atom stereocenters. The van der Waals surface area contributed by atoms with Crippen LogP contribution < -0.4 is 10.7 Å². The molecule has 3 N–H and O–H groups in total. The number of unbranched alkanes of at least 4 members (excludes halogenated alkanes) is 4. The zero-order chi connectivity index (χ0) is 18.6. The van der Waals surface area contributed by atoms with E-state index in [9.17, 15) is 5.11 Å². The van der Waals surface area contributed by atoms with Crippen LogP contribution in [0.15, 0.2) is 53.9 Å². The summed E-state index contributed by atoms with van der Waals surface area (Å²) in [5.41, 5.74) is 5.63. The van der Waals surface area contributed by atoms with Gasteiger partial charge in [-0.3, -0.25) is 10.4 Å². The van der Waals surface area contributed by atoms with Crippen molar-refractivity contribution in [3.63, 3.8) is 0 Å². The van der Waals surface area contributed by atoms with Gasteiger partial charge in [0.1, 0.15) is 5.75 Å². The van der Waals surface area contributed by atoms with E-state index in [0.717, 1.165) is 29.8 Å². The van der Waals surface area contributed by atoms with Crippen LogP contribution in [-0.2, 0) is 0 Å². The van der Waals surface area contributed by atoms with Crippen molar-refractivity contribution in [3.8, 4) is 5.75 Å². The van der Waals surface area contributed by atoms with Crippen LogP contribution in [0.5, 0.6) is 5.75 Å². The lowest BCUT2D eigenvalue weighted by Gasteiger charge is -2.10. The minimum atomic E-state index is 0.248. The van der Waals surface area contributed by atoms with Gasteiger partial charge < -0.3 is 10.4 Å². The summed E-state index contributed by atoms with van der Waals surface area (Å²) in [6, 6.07) is 10.8. The van der Waals surface area contributed by atoms with Crippen LogP contribution in [0.3, 0.4) is 0 Å². The fourth-order valence-electron chi connectivity index (χ4n) is 2.53. The maximum Gasteiger partial charge on any atom is 0.191 e. The number of thiocarbonyl (C=S) groups is 1. The van der Waals surface area contributed by atoms with Crippen molar-refractivity contribution in [3.05, 3.63) is 54.4 Å². The molecule has 6 heteroatoms. The smallest absolute Gasteiger partial charge is 0.191 e. The lowest BCUT2D eigenvalue weighted by atomic mass is 10.0. The highest BCUT2D eigenvalue weighted by atomic mass is 32.1. The summed E-state index contributed by atoms with van der Waals surface area (Å²) in [5.74, 6) is 0.248. The minimum absolute atomic E-state index is 0.248. The molecule has 26 heavy (non-hydrogen) atoms. The second-order valence-corrected chi connectivity index (χ2v) is 6.49. The minimum Gasteiger partial charge on any atom is -0.508 e. The summed E-state index contributed by atoms with van der Waals surface area (Å²) in [5, 5.41) is 17.5. The molecule has 1 heterocycles. The number of hydrogen-bond acceptors (Lipinski definition) is 4. The maximum absolute atomic E-state index is 9.50. The molecule has 138 valence electrons. The van der Waals surface area contributed by atoms with Crippen LogP contribution in [-0.4, -0.2) is 20.9 Å². The van der Waals surface area contributed by atoms with Gasteiger partial charge in [-0.05, 0) is 67.0 Å². The van der Waals surface area contributed by atoms with Crippen LogP contribution in [0.25, 0.3) is 0 Å². The van der Waals surface area contributed by atoms with Crippen LogP contribution in [0, 0.1) is 0 Å². The summed E-state index contributed by atoms with van der Waals surface area (Å²) in [4.78, 5) is 4.04. The monoisotopic (exact) mass is 370 g/mol. The van der Waals surface area contributed by atoms with Gasteiger partial charge in [-0.1, -0.05) is 32.6 Å². The number of aromatic hydroxyl groups is 1. The van der Waals surface area contributed by atoms with Crippen LogP contribution in [0.4, 0.5) is 5.69 Å². The number of nitrogens with zero attached hydrogens (tertiary/aromatic N) is 2. The highest BCUT2D eigenvalue weighted by Gasteiger charge is 2.05. The number of anilines is 1. The summed E-state index contributed by atoms with van der Waals surface area (Å²) in [7, 11) is 0. The van der Waals surface area contributed by atoms with E-state index < -0.39 is 0 Å². The van der Waals surface area contributed by atoms with Gasteiger partial charge in [0, 0.05) is 6.20 Å². The zero-order valence-corrected chi connectivity index (χ0v) is 15.9. The van der Waals surface area contributed by atoms with Gasteiger partial charge in [0.05, 0.1) is 17.6 Å². The third-order valence-electron chi connectivity index (χ3n) is 3.93. The Balaban J connectivity index is 1.98. The van der Waals surface area contributed by atoms with E-state index in [1.165, 1.54) is 25.7 Å². The summed E-state index contributed by atoms with van der Waals surface area (Å²) in [6.45, 7) is 2.21. The Morgan fingerprint density at radius 1 is 1.12 bits per heavy atom. The van der Waals surface area contributed by atoms with E-state index in [1.807, 2.05) is 24.3 Å². The van der Waals surface area contributed by atoms with E-state index in [4.69, 9.17) is 12.2 Å². The Labute approximate surface area is 160 Å². The van der Waals surface area contributed by atoms with Crippen molar-refractivity contribution < 1.29 is 5.11 Å². The van der Waals surface area contributed by atoms with Gasteiger partial charge in [-0.2, -0.15) is 5.10 Å². The molecule has 1 aromatic heterocycles. The third kappa shape index (κ3) is 7.19. The van der Waals surface area contributed by atoms with E-state index in [2.05, 4.69) is 27.8 Å². The van der Waals surface area contributed by atoms with Gasteiger partial charge in [-0.25, -0.2) is 0 Å². The number of rotatable bonds is 9. The van der Waals surface area contributed by atoms with Gasteiger partial charge in [0.25, 0.3) is 0 Å². The first-order valence-electron chi connectivity index (χ1n) is 9.02. The average Bonchev–Trinajstić information content (AvgIpc) is 2.66. The Hall–Kier alpha value is -2.47. The van der Waals surface area contributed by atoms with Crippen LogP contribution in [0.2, 0.25) is 0 Å². The quantitative estimate of drug-likeness (QED) is 0.255. The average molecular weight is 371 g/mol. The molecule has 0 aliphatic rings. The second kappa shape index (κ2) is 11.2. The molecule has 1 aromatic carbocycles. The number of hydrogen-bond donors (Lipinski definition) is 3. The number of nitrogens with one attached hydrogen (secondary N) is 2. The molecule has 0 saturated carbocycles. The normalized spacial score (nSPS) is 11.2. The molecule has 2 aromatic rings. The topological polar surface area (TPSA) is 69.5 Å². The fourth-order valence-corrected chi connectivity index (χ4v) is 2.69. The SMILES string of the molecule is CCCCCCCC(=NNC(=S)Nc1cccnc1)c1ccc(O)cc1.